The SMILES string of the molecule is COc1ccccc1N1C(=O)N(c2ccc([N+](=O)[O-])cc2)[C@@H]2CS(=O)(=O)C[C@@H]21. The number of benzene rings is 2. The molecule has 2 saturated heterocycles. The van der Waals surface area contributed by atoms with Gasteiger partial charge in [0, 0.05) is 17.8 Å². The number of methoxy groups -OCH3 is 1. The number of amides is 2. The monoisotopic (exact) mass is 403 g/mol. The van der Waals surface area contributed by atoms with Crippen LogP contribution in [0.5, 0.6) is 5.75 Å². The van der Waals surface area contributed by atoms with Crippen molar-refractivity contribution in [3.05, 3.63) is 58.6 Å². The first-order valence-electron chi connectivity index (χ1n) is 8.53. The second kappa shape index (κ2) is 6.48. The van der Waals surface area contributed by atoms with Gasteiger partial charge in [0.05, 0.1) is 41.3 Å². The molecule has 2 atom stereocenters. The van der Waals surface area contributed by atoms with E-state index in [4.69, 9.17) is 4.74 Å². The molecule has 0 unspecified atom stereocenters. The predicted octanol–water partition coefficient (Wildman–Crippen LogP) is 2.22. The lowest BCUT2D eigenvalue weighted by molar-refractivity contribution is -0.384. The number of sulfone groups is 1. The number of nitrogens with zero attached hydrogens (tertiary/aromatic N) is 3. The van der Waals surface area contributed by atoms with Crippen LogP contribution in [0.15, 0.2) is 48.5 Å². The first-order valence-corrected chi connectivity index (χ1v) is 10.3. The molecule has 28 heavy (non-hydrogen) atoms. The fraction of sp³-hybridized carbons (Fsp3) is 0.278. The molecule has 0 saturated carbocycles. The van der Waals surface area contributed by atoms with Crippen molar-refractivity contribution in [3.8, 4) is 5.75 Å². The van der Waals surface area contributed by atoms with Crippen molar-refractivity contribution in [1.82, 2.24) is 0 Å². The molecular weight excluding hydrogens is 386 g/mol. The van der Waals surface area contributed by atoms with E-state index >= 15 is 0 Å². The number of rotatable bonds is 4. The van der Waals surface area contributed by atoms with Gasteiger partial charge in [-0.1, -0.05) is 12.1 Å². The highest BCUT2D eigenvalue weighted by molar-refractivity contribution is 7.91. The zero-order valence-corrected chi connectivity index (χ0v) is 15.7. The molecule has 0 spiro atoms. The van der Waals surface area contributed by atoms with Gasteiger partial charge in [0.1, 0.15) is 5.75 Å². The Bertz CT molecular complexity index is 1050. The van der Waals surface area contributed by atoms with E-state index in [9.17, 15) is 23.3 Å². The van der Waals surface area contributed by atoms with Gasteiger partial charge in [-0.25, -0.2) is 13.2 Å². The second-order valence-electron chi connectivity index (χ2n) is 6.68. The van der Waals surface area contributed by atoms with Crippen LogP contribution in [-0.2, 0) is 9.84 Å². The molecule has 2 fully saturated rings. The van der Waals surface area contributed by atoms with Crippen LogP contribution < -0.4 is 14.5 Å². The molecule has 2 aliphatic rings. The van der Waals surface area contributed by atoms with E-state index in [-0.39, 0.29) is 23.2 Å². The Kier molecular flexibility index (Phi) is 4.22. The third-order valence-electron chi connectivity index (χ3n) is 5.05. The Hall–Kier alpha value is -3.14. The fourth-order valence-electron chi connectivity index (χ4n) is 3.85. The zero-order chi connectivity index (χ0) is 20.1. The summed E-state index contributed by atoms with van der Waals surface area (Å²) in [6, 6.07) is 10.9. The Balaban J connectivity index is 1.80. The van der Waals surface area contributed by atoms with Gasteiger partial charge in [-0.2, -0.15) is 0 Å². The summed E-state index contributed by atoms with van der Waals surface area (Å²) < 4.78 is 30.0. The van der Waals surface area contributed by atoms with Gasteiger partial charge in [-0.3, -0.25) is 19.9 Å². The van der Waals surface area contributed by atoms with Crippen LogP contribution in [0.3, 0.4) is 0 Å². The minimum atomic E-state index is -3.34. The van der Waals surface area contributed by atoms with Crippen LogP contribution in [-0.4, -0.2) is 50.1 Å². The number of anilines is 2. The third-order valence-corrected chi connectivity index (χ3v) is 6.75. The molecule has 0 aliphatic carbocycles. The summed E-state index contributed by atoms with van der Waals surface area (Å²) in [5, 5.41) is 10.9. The number of para-hydroxylation sites is 2. The van der Waals surface area contributed by atoms with Gasteiger partial charge in [0.15, 0.2) is 9.84 Å². The van der Waals surface area contributed by atoms with E-state index in [2.05, 4.69) is 0 Å². The molecule has 146 valence electrons. The number of hydrogen-bond donors (Lipinski definition) is 0. The van der Waals surface area contributed by atoms with Crippen LogP contribution in [0, 0.1) is 10.1 Å². The molecule has 4 rings (SSSR count). The van der Waals surface area contributed by atoms with E-state index in [1.165, 1.54) is 41.2 Å². The van der Waals surface area contributed by atoms with Crippen molar-refractivity contribution in [1.29, 1.82) is 0 Å². The summed E-state index contributed by atoms with van der Waals surface area (Å²) in [5.41, 5.74) is 0.805. The molecule has 2 heterocycles. The number of non-ortho nitro benzene ring substituents is 1. The summed E-state index contributed by atoms with van der Waals surface area (Å²) in [6.07, 6.45) is 0. The Morgan fingerprint density at radius 3 is 2.25 bits per heavy atom. The third kappa shape index (κ3) is 2.85. The van der Waals surface area contributed by atoms with Gasteiger partial charge in [-0.15, -0.1) is 0 Å². The van der Waals surface area contributed by atoms with Gasteiger partial charge in [0.25, 0.3) is 5.69 Å². The largest absolute Gasteiger partial charge is 0.495 e. The lowest BCUT2D eigenvalue weighted by atomic mass is 10.1. The van der Waals surface area contributed by atoms with Gasteiger partial charge in [-0.05, 0) is 24.3 Å². The maximum Gasteiger partial charge on any atom is 0.329 e. The van der Waals surface area contributed by atoms with Crippen LogP contribution in [0.25, 0.3) is 0 Å². The van der Waals surface area contributed by atoms with E-state index in [1.807, 2.05) is 0 Å². The molecule has 2 amide bonds. The smallest absolute Gasteiger partial charge is 0.329 e. The van der Waals surface area contributed by atoms with Crippen molar-refractivity contribution in [2.24, 2.45) is 0 Å². The maximum atomic E-state index is 13.3. The number of nitro benzene ring substituents is 1. The molecule has 0 bridgehead atoms. The Morgan fingerprint density at radius 2 is 1.64 bits per heavy atom. The predicted molar refractivity (Wildman–Crippen MR) is 103 cm³/mol. The van der Waals surface area contributed by atoms with Gasteiger partial charge < -0.3 is 4.74 Å². The maximum absolute atomic E-state index is 13.3. The highest BCUT2D eigenvalue weighted by atomic mass is 32.2. The fourth-order valence-corrected chi connectivity index (χ4v) is 5.77. The summed E-state index contributed by atoms with van der Waals surface area (Å²) in [4.78, 5) is 26.5. The standard InChI is InChI=1S/C18H17N3O6S/c1-27-17-5-3-2-4-14(17)20-16-11-28(25,26)10-15(16)19(18(20)22)12-6-8-13(9-7-12)21(23)24/h2-9,15-16H,10-11H2,1H3/t15-,16+/m1/s1. The molecule has 2 aliphatic heterocycles. The summed E-state index contributed by atoms with van der Waals surface area (Å²) in [6.45, 7) is 0. The lowest BCUT2D eigenvalue weighted by Gasteiger charge is -2.24. The molecule has 9 nitrogen and oxygen atoms in total. The number of ether oxygens (including phenoxy) is 1. The number of fused-ring (bicyclic) bond motifs is 1. The number of carbonyl (C=O) groups is 1. The first kappa shape index (κ1) is 18.2. The van der Waals surface area contributed by atoms with E-state index in [0.29, 0.717) is 17.1 Å². The Labute approximate surface area is 161 Å². The first-order chi connectivity index (χ1) is 13.3. The normalized spacial score (nSPS) is 23.0. The van der Waals surface area contributed by atoms with Crippen LogP contribution in [0.4, 0.5) is 21.9 Å². The highest BCUT2D eigenvalue weighted by Gasteiger charge is 2.55. The van der Waals surface area contributed by atoms with Gasteiger partial charge >= 0.3 is 6.03 Å². The van der Waals surface area contributed by atoms with Crippen molar-refractivity contribution in [2.75, 3.05) is 28.4 Å². The Morgan fingerprint density at radius 1 is 1.04 bits per heavy atom. The molecule has 0 aromatic heterocycles. The van der Waals surface area contributed by atoms with Crippen molar-refractivity contribution >= 4 is 32.9 Å². The minimum Gasteiger partial charge on any atom is -0.495 e. The molecule has 2 aromatic carbocycles. The summed E-state index contributed by atoms with van der Waals surface area (Å²) in [7, 11) is -1.85. The number of urea groups is 1. The van der Waals surface area contributed by atoms with E-state index < -0.39 is 26.8 Å². The molecular formula is C18H17N3O6S. The average Bonchev–Trinajstić information content (AvgIpc) is 3.10. The minimum absolute atomic E-state index is 0.104. The number of hydrogen-bond acceptors (Lipinski definition) is 6. The molecule has 2 aromatic rings. The van der Waals surface area contributed by atoms with Crippen molar-refractivity contribution in [2.45, 2.75) is 12.1 Å². The average molecular weight is 403 g/mol. The summed E-state index contributed by atoms with van der Waals surface area (Å²) in [5.74, 6) is 0.154. The lowest BCUT2D eigenvalue weighted by Crippen LogP contribution is -2.38. The van der Waals surface area contributed by atoms with Crippen LogP contribution >= 0.6 is 0 Å². The van der Waals surface area contributed by atoms with Crippen molar-refractivity contribution < 1.29 is 22.9 Å². The van der Waals surface area contributed by atoms with Crippen LogP contribution in [0.1, 0.15) is 0 Å². The van der Waals surface area contributed by atoms with Crippen LogP contribution in [0.2, 0.25) is 0 Å². The molecule has 0 N–H and O–H groups in total. The highest BCUT2D eigenvalue weighted by Crippen LogP contribution is 2.41. The van der Waals surface area contributed by atoms with Gasteiger partial charge in [0.2, 0.25) is 0 Å². The molecule has 0 radical (unpaired) electrons. The summed E-state index contributed by atoms with van der Waals surface area (Å²) >= 11 is 0. The number of carbonyl (C=O) groups excluding carboxylic acids is 1. The second-order valence-corrected chi connectivity index (χ2v) is 8.83. The van der Waals surface area contributed by atoms with E-state index in [1.54, 1.807) is 24.3 Å². The zero-order valence-electron chi connectivity index (χ0n) is 14.9. The topological polar surface area (TPSA) is 110 Å². The molecule has 10 heteroatoms. The quantitative estimate of drug-likeness (QED) is 0.440. The number of nitro groups is 1. The van der Waals surface area contributed by atoms with Crippen molar-refractivity contribution in [3.63, 3.8) is 0 Å². The van der Waals surface area contributed by atoms with E-state index in [0.717, 1.165) is 0 Å².